The summed E-state index contributed by atoms with van der Waals surface area (Å²) in [5.74, 6) is 0.686. The molecule has 3 nitrogen and oxygen atoms in total. The van der Waals surface area contributed by atoms with Crippen LogP contribution in [0.5, 0.6) is 5.75 Å². The summed E-state index contributed by atoms with van der Waals surface area (Å²) in [6.07, 6.45) is 0.807. The molecule has 0 saturated carbocycles. The lowest BCUT2D eigenvalue weighted by Crippen LogP contribution is -2.27. The Kier molecular flexibility index (Phi) is 2.58. The van der Waals surface area contributed by atoms with Crippen molar-refractivity contribution in [2.75, 3.05) is 32.6 Å². The first-order valence-electron chi connectivity index (χ1n) is 7.66. The minimum Gasteiger partial charge on any atom is -0.497 e. The number of methoxy groups -OCH3 is 1. The first-order chi connectivity index (χ1) is 9.54. The van der Waals surface area contributed by atoms with Crippen LogP contribution in [0.25, 0.3) is 0 Å². The zero-order valence-electron chi connectivity index (χ0n) is 13.1. The van der Waals surface area contributed by atoms with Crippen molar-refractivity contribution in [3.8, 4) is 5.75 Å². The Bertz CT molecular complexity index is 507. The van der Waals surface area contributed by atoms with Crippen LogP contribution in [0, 0.1) is 0 Å². The third-order valence-electron chi connectivity index (χ3n) is 4.04. The Morgan fingerprint density at radius 1 is 1.56 bits per heavy atom. The minimum atomic E-state index is -1.23. The molecule has 2 aliphatic heterocycles. The van der Waals surface area contributed by atoms with Crippen molar-refractivity contribution in [1.29, 1.82) is 0 Å². The molecule has 1 unspecified atom stereocenters. The van der Waals surface area contributed by atoms with Gasteiger partial charge in [-0.15, -0.1) is 0 Å². The van der Waals surface area contributed by atoms with E-state index in [9.17, 15) is 0 Å². The van der Waals surface area contributed by atoms with Crippen LogP contribution in [0.3, 0.4) is 0 Å². The molecule has 1 aromatic rings. The van der Waals surface area contributed by atoms with Gasteiger partial charge in [-0.25, -0.2) is 0 Å². The molecule has 2 atom stereocenters. The predicted octanol–water partition coefficient (Wildman–Crippen LogP) is 2.69. The number of hydrogen-bond donors (Lipinski definition) is 1. The van der Waals surface area contributed by atoms with E-state index in [2.05, 4.69) is 10.2 Å². The SMILES string of the molecule is [2H]C([2H])(C1CNc2ccc(OC)cc21)[C@H]1CCCN1C. The summed E-state index contributed by atoms with van der Waals surface area (Å²) in [6, 6.07) is 5.90. The van der Waals surface area contributed by atoms with Gasteiger partial charge in [-0.05, 0) is 56.6 Å². The molecule has 18 heavy (non-hydrogen) atoms. The second-order valence-corrected chi connectivity index (χ2v) is 5.19. The number of rotatable bonds is 3. The average molecular weight is 248 g/mol. The van der Waals surface area contributed by atoms with Gasteiger partial charge in [0, 0.05) is 26.9 Å². The Balaban J connectivity index is 1.93. The van der Waals surface area contributed by atoms with E-state index in [1.807, 2.05) is 25.2 Å². The molecule has 3 heteroatoms. The van der Waals surface area contributed by atoms with E-state index in [-0.39, 0.29) is 12.0 Å². The lowest BCUT2D eigenvalue weighted by atomic mass is 9.93. The van der Waals surface area contributed by atoms with Crippen molar-refractivity contribution in [3.63, 3.8) is 0 Å². The molecule has 3 rings (SSSR count). The summed E-state index contributed by atoms with van der Waals surface area (Å²) in [6.45, 7) is 1.66. The molecular formula is C15H22N2O. The highest BCUT2D eigenvalue weighted by molar-refractivity contribution is 5.60. The zero-order valence-corrected chi connectivity index (χ0v) is 11.1. The Morgan fingerprint density at radius 2 is 2.44 bits per heavy atom. The maximum absolute atomic E-state index is 8.65. The highest BCUT2D eigenvalue weighted by Crippen LogP contribution is 2.38. The summed E-state index contributed by atoms with van der Waals surface area (Å²) in [4.78, 5) is 2.16. The van der Waals surface area contributed by atoms with Crippen LogP contribution in [-0.2, 0) is 0 Å². The van der Waals surface area contributed by atoms with Gasteiger partial charge < -0.3 is 15.0 Å². The lowest BCUT2D eigenvalue weighted by molar-refractivity contribution is 0.285. The maximum Gasteiger partial charge on any atom is 0.119 e. The van der Waals surface area contributed by atoms with E-state index in [1.54, 1.807) is 7.11 Å². The number of hydrogen-bond acceptors (Lipinski definition) is 3. The first kappa shape index (κ1) is 9.68. The molecule has 1 N–H and O–H groups in total. The monoisotopic (exact) mass is 248 g/mol. The smallest absolute Gasteiger partial charge is 0.119 e. The molecule has 0 aliphatic carbocycles. The highest BCUT2D eigenvalue weighted by Gasteiger charge is 2.29. The van der Waals surface area contributed by atoms with Gasteiger partial charge in [0.2, 0.25) is 0 Å². The molecule has 98 valence electrons. The molecular weight excluding hydrogens is 224 g/mol. The van der Waals surface area contributed by atoms with Crippen LogP contribution in [0.4, 0.5) is 5.69 Å². The van der Waals surface area contributed by atoms with E-state index in [4.69, 9.17) is 7.48 Å². The van der Waals surface area contributed by atoms with Crippen LogP contribution in [0.15, 0.2) is 18.2 Å². The maximum atomic E-state index is 8.65. The number of benzene rings is 1. The summed E-state index contributed by atoms with van der Waals surface area (Å²) >= 11 is 0. The first-order valence-corrected chi connectivity index (χ1v) is 6.66. The third kappa shape index (κ3) is 2.07. The van der Waals surface area contributed by atoms with E-state index >= 15 is 0 Å². The fraction of sp³-hybridized carbons (Fsp3) is 0.600. The molecule has 0 amide bonds. The van der Waals surface area contributed by atoms with Crippen LogP contribution in [-0.4, -0.2) is 38.2 Å². The molecule has 0 aromatic heterocycles. The molecule has 1 aromatic carbocycles. The second-order valence-electron chi connectivity index (χ2n) is 5.19. The predicted molar refractivity (Wildman–Crippen MR) is 74.5 cm³/mol. The van der Waals surface area contributed by atoms with Gasteiger partial charge in [-0.2, -0.15) is 0 Å². The minimum absolute atomic E-state index is 0.00597. The normalized spacial score (nSPS) is 29.4. The number of ether oxygens (including phenoxy) is 1. The average Bonchev–Trinajstić information content (AvgIpc) is 3.04. The molecule has 2 heterocycles. The van der Waals surface area contributed by atoms with Gasteiger partial charge in [-0.1, -0.05) is 0 Å². The van der Waals surface area contributed by atoms with Gasteiger partial charge in [0.15, 0.2) is 0 Å². The lowest BCUT2D eigenvalue weighted by Gasteiger charge is -2.22. The Morgan fingerprint density at radius 3 is 3.17 bits per heavy atom. The topological polar surface area (TPSA) is 24.5 Å². The third-order valence-corrected chi connectivity index (χ3v) is 4.04. The van der Waals surface area contributed by atoms with E-state index in [0.29, 0.717) is 6.54 Å². The van der Waals surface area contributed by atoms with Crippen LogP contribution >= 0.6 is 0 Å². The fourth-order valence-corrected chi connectivity index (χ4v) is 2.94. The summed E-state index contributed by atoms with van der Waals surface area (Å²) in [5.41, 5.74) is 2.09. The standard InChI is InChI=1S/C15H22N2O/c1-17-7-3-4-12(17)8-11-10-16-15-6-5-13(18-2)9-14(11)15/h5-6,9,11-12,16H,3-4,7-8,10H2,1-2H3/t11?,12-/m1/s1/i8D2. The quantitative estimate of drug-likeness (QED) is 0.890. The van der Waals surface area contributed by atoms with Crippen LogP contribution < -0.4 is 10.1 Å². The van der Waals surface area contributed by atoms with Crippen LogP contribution in [0.1, 0.15) is 33.4 Å². The number of anilines is 1. The van der Waals surface area contributed by atoms with Crippen LogP contribution in [0.2, 0.25) is 0 Å². The molecule has 0 spiro atoms. The second kappa shape index (κ2) is 4.81. The van der Waals surface area contributed by atoms with Crippen molar-refractivity contribution < 1.29 is 7.48 Å². The van der Waals surface area contributed by atoms with Crippen molar-refractivity contribution in [2.45, 2.75) is 31.2 Å². The van der Waals surface area contributed by atoms with Gasteiger partial charge >= 0.3 is 0 Å². The highest BCUT2D eigenvalue weighted by atomic mass is 16.5. The van der Waals surface area contributed by atoms with E-state index in [0.717, 1.165) is 36.4 Å². The molecule has 2 aliphatic rings. The molecule has 1 saturated heterocycles. The van der Waals surface area contributed by atoms with E-state index < -0.39 is 6.37 Å². The van der Waals surface area contributed by atoms with Crippen molar-refractivity contribution in [3.05, 3.63) is 23.8 Å². The fourth-order valence-electron chi connectivity index (χ4n) is 2.94. The number of nitrogens with zero attached hydrogens (tertiary/aromatic N) is 1. The largest absolute Gasteiger partial charge is 0.497 e. The number of fused-ring (bicyclic) bond motifs is 1. The summed E-state index contributed by atoms with van der Waals surface area (Å²) in [5, 5.41) is 3.33. The van der Waals surface area contributed by atoms with Gasteiger partial charge in [0.25, 0.3) is 0 Å². The van der Waals surface area contributed by atoms with Crippen molar-refractivity contribution in [1.82, 2.24) is 4.90 Å². The Hall–Kier alpha value is -1.22. The Labute approximate surface area is 112 Å². The van der Waals surface area contributed by atoms with Crippen molar-refractivity contribution in [2.24, 2.45) is 0 Å². The van der Waals surface area contributed by atoms with Gasteiger partial charge in [0.05, 0.1) is 7.11 Å². The number of nitrogens with one attached hydrogen (secondary N) is 1. The number of likely N-dealkylation sites (tertiary alicyclic amines) is 1. The van der Waals surface area contributed by atoms with E-state index in [1.165, 1.54) is 0 Å². The van der Waals surface area contributed by atoms with Gasteiger partial charge in [0.1, 0.15) is 5.75 Å². The molecule has 0 radical (unpaired) electrons. The zero-order chi connectivity index (χ0) is 14.3. The summed E-state index contributed by atoms with van der Waals surface area (Å²) < 4.78 is 22.6. The van der Waals surface area contributed by atoms with Crippen molar-refractivity contribution >= 4 is 5.69 Å². The molecule has 0 bridgehead atoms. The van der Waals surface area contributed by atoms with Gasteiger partial charge in [-0.3, -0.25) is 0 Å². The summed E-state index contributed by atoms with van der Waals surface area (Å²) in [7, 11) is 3.68. The molecule has 1 fully saturated rings.